The Kier molecular flexibility index (Phi) is 7.28. The van der Waals surface area contributed by atoms with Gasteiger partial charge in [-0.2, -0.15) is 0 Å². The fraction of sp³-hybridized carbons (Fsp3) is 0.103. The molecule has 6 nitrogen and oxygen atoms in total. The third-order valence-corrected chi connectivity index (χ3v) is 6.27. The highest BCUT2D eigenvalue weighted by molar-refractivity contribution is 9.10. The molecule has 0 radical (unpaired) electrons. The molecular formula is C29H24BrN3O3. The van der Waals surface area contributed by atoms with Gasteiger partial charge in [-0.25, -0.2) is 0 Å². The van der Waals surface area contributed by atoms with Gasteiger partial charge in [-0.3, -0.25) is 4.57 Å². The van der Waals surface area contributed by atoms with Gasteiger partial charge < -0.3 is 14.2 Å². The largest absolute Gasteiger partial charge is 0.497 e. The Morgan fingerprint density at radius 3 is 1.97 bits per heavy atom. The van der Waals surface area contributed by atoms with E-state index in [2.05, 4.69) is 26.1 Å². The standard InChI is InChI=1S/C29H24BrN3O3/c1-34-24-14-12-23(13-15-24)33-20-31-32-29(33)25-16-26(30)28(36-19-22-10-6-3-7-11-22)17-27(25)35-18-21-8-4-2-5-9-21/h2-17,20H,18-19H2,1H3. The van der Waals surface area contributed by atoms with E-state index in [1.165, 1.54) is 0 Å². The fourth-order valence-corrected chi connectivity index (χ4v) is 4.22. The highest BCUT2D eigenvalue weighted by Crippen LogP contribution is 2.39. The summed E-state index contributed by atoms with van der Waals surface area (Å²) in [5.41, 5.74) is 3.85. The van der Waals surface area contributed by atoms with Crippen LogP contribution < -0.4 is 14.2 Å². The van der Waals surface area contributed by atoms with Crippen molar-refractivity contribution in [3.8, 4) is 34.3 Å². The molecule has 0 saturated heterocycles. The highest BCUT2D eigenvalue weighted by Gasteiger charge is 2.19. The molecule has 1 heterocycles. The zero-order valence-electron chi connectivity index (χ0n) is 19.7. The van der Waals surface area contributed by atoms with Crippen LogP contribution >= 0.6 is 15.9 Å². The van der Waals surface area contributed by atoms with Crippen LogP contribution in [0.25, 0.3) is 17.1 Å². The predicted molar refractivity (Wildman–Crippen MR) is 143 cm³/mol. The van der Waals surface area contributed by atoms with Crippen molar-refractivity contribution < 1.29 is 14.2 Å². The molecule has 4 aromatic carbocycles. The van der Waals surface area contributed by atoms with Crippen LogP contribution in [0.4, 0.5) is 0 Å². The lowest BCUT2D eigenvalue weighted by molar-refractivity contribution is 0.289. The summed E-state index contributed by atoms with van der Waals surface area (Å²) in [5, 5.41) is 8.61. The van der Waals surface area contributed by atoms with Crippen molar-refractivity contribution in [2.24, 2.45) is 0 Å². The maximum atomic E-state index is 6.32. The summed E-state index contributed by atoms with van der Waals surface area (Å²) in [6.45, 7) is 0.850. The molecule has 0 saturated carbocycles. The van der Waals surface area contributed by atoms with Gasteiger partial charge in [-0.05, 0) is 57.4 Å². The van der Waals surface area contributed by atoms with Gasteiger partial charge in [-0.1, -0.05) is 60.7 Å². The first-order valence-electron chi connectivity index (χ1n) is 11.4. The number of methoxy groups -OCH3 is 1. The Morgan fingerprint density at radius 1 is 0.750 bits per heavy atom. The van der Waals surface area contributed by atoms with Crippen molar-refractivity contribution in [3.63, 3.8) is 0 Å². The Balaban J connectivity index is 1.51. The predicted octanol–water partition coefficient (Wildman–Crippen LogP) is 6.86. The van der Waals surface area contributed by atoms with Gasteiger partial charge in [0.2, 0.25) is 0 Å². The molecule has 5 aromatic rings. The molecule has 0 spiro atoms. The van der Waals surface area contributed by atoms with Crippen molar-refractivity contribution >= 4 is 15.9 Å². The van der Waals surface area contributed by atoms with Crippen LogP contribution in [0.3, 0.4) is 0 Å². The van der Waals surface area contributed by atoms with Crippen molar-refractivity contribution in [3.05, 3.63) is 119 Å². The molecule has 0 aliphatic heterocycles. The van der Waals surface area contributed by atoms with Crippen molar-refractivity contribution in [1.29, 1.82) is 0 Å². The number of hydrogen-bond donors (Lipinski definition) is 0. The number of hydrogen-bond acceptors (Lipinski definition) is 5. The minimum atomic E-state index is 0.407. The van der Waals surface area contributed by atoms with Crippen LogP contribution in [-0.4, -0.2) is 21.9 Å². The number of aromatic nitrogens is 3. The first-order valence-corrected chi connectivity index (χ1v) is 12.2. The summed E-state index contributed by atoms with van der Waals surface area (Å²) >= 11 is 3.68. The Labute approximate surface area is 218 Å². The van der Waals surface area contributed by atoms with Gasteiger partial charge in [0.05, 0.1) is 17.1 Å². The summed E-state index contributed by atoms with van der Waals surface area (Å²) in [6, 6.07) is 31.7. The zero-order valence-corrected chi connectivity index (χ0v) is 21.3. The molecular weight excluding hydrogens is 518 g/mol. The van der Waals surface area contributed by atoms with Crippen LogP contribution in [0.1, 0.15) is 11.1 Å². The molecule has 180 valence electrons. The number of rotatable bonds is 9. The van der Waals surface area contributed by atoms with E-state index in [-0.39, 0.29) is 0 Å². The van der Waals surface area contributed by atoms with E-state index in [4.69, 9.17) is 14.2 Å². The quantitative estimate of drug-likeness (QED) is 0.204. The monoisotopic (exact) mass is 541 g/mol. The number of nitrogens with zero attached hydrogens (tertiary/aromatic N) is 3. The lowest BCUT2D eigenvalue weighted by atomic mass is 10.1. The van der Waals surface area contributed by atoms with Crippen molar-refractivity contribution in [2.45, 2.75) is 13.2 Å². The van der Waals surface area contributed by atoms with E-state index in [9.17, 15) is 0 Å². The second kappa shape index (κ2) is 11.1. The van der Waals surface area contributed by atoms with E-state index < -0.39 is 0 Å². The Hall–Kier alpha value is -4.10. The SMILES string of the molecule is COc1ccc(-n2cnnc2-c2cc(Br)c(OCc3ccccc3)cc2OCc2ccccc2)cc1. The molecule has 0 amide bonds. The third kappa shape index (κ3) is 5.42. The van der Waals surface area contributed by atoms with Gasteiger partial charge in [-0.15, -0.1) is 10.2 Å². The van der Waals surface area contributed by atoms with E-state index in [1.54, 1.807) is 13.4 Å². The summed E-state index contributed by atoms with van der Waals surface area (Å²) < 4.78 is 20.5. The molecule has 0 aliphatic rings. The molecule has 0 aliphatic carbocycles. The number of benzene rings is 4. The van der Waals surface area contributed by atoms with Gasteiger partial charge >= 0.3 is 0 Å². The van der Waals surface area contributed by atoms with Crippen molar-refractivity contribution in [2.75, 3.05) is 7.11 Å². The summed E-state index contributed by atoms with van der Waals surface area (Å²) in [4.78, 5) is 0. The van der Waals surface area contributed by atoms with Crippen LogP contribution in [0.15, 0.2) is 108 Å². The Morgan fingerprint density at radius 2 is 1.36 bits per heavy atom. The van der Waals surface area contributed by atoms with E-state index in [0.717, 1.165) is 32.6 Å². The zero-order chi connectivity index (χ0) is 24.7. The lowest BCUT2D eigenvalue weighted by Crippen LogP contribution is -2.03. The molecule has 5 rings (SSSR count). The molecule has 7 heteroatoms. The lowest BCUT2D eigenvalue weighted by Gasteiger charge is -2.16. The van der Waals surface area contributed by atoms with Crippen LogP contribution in [0.2, 0.25) is 0 Å². The van der Waals surface area contributed by atoms with Crippen LogP contribution in [0.5, 0.6) is 17.2 Å². The van der Waals surface area contributed by atoms with Crippen LogP contribution in [0, 0.1) is 0 Å². The highest BCUT2D eigenvalue weighted by atomic mass is 79.9. The molecule has 0 bridgehead atoms. The Bertz CT molecular complexity index is 1420. The summed E-state index contributed by atoms with van der Waals surface area (Å²) in [5.74, 6) is 2.76. The molecule has 0 fully saturated rings. The molecule has 0 atom stereocenters. The van der Waals surface area contributed by atoms with Gasteiger partial charge in [0.25, 0.3) is 0 Å². The van der Waals surface area contributed by atoms with Crippen LogP contribution in [-0.2, 0) is 13.2 Å². The average molecular weight is 542 g/mol. The van der Waals surface area contributed by atoms with E-state index in [0.29, 0.717) is 30.5 Å². The molecule has 36 heavy (non-hydrogen) atoms. The second-order valence-electron chi connectivity index (χ2n) is 8.05. The maximum absolute atomic E-state index is 6.32. The van der Waals surface area contributed by atoms with E-state index in [1.807, 2.05) is 102 Å². The maximum Gasteiger partial charge on any atom is 0.172 e. The number of halogens is 1. The van der Waals surface area contributed by atoms with Gasteiger partial charge in [0.1, 0.15) is 36.8 Å². The van der Waals surface area contributed by atoms with E-state index >= 15 is 0 Å². The first-order chi connectivity index (χ1) is 17.7. The summed E-state index contributed by atoms with van der Waals surface area (Å²) in [7, 11) is 1.65. The fourth-order valence-electron chi connectivity index (χ4n) is 3.76. The summed E-state index contributed by atoms with van der Waals surface area (Å²) in [6.07, 6.45) is 1.69. The molecule has 1 aromatic heterocycles. The average Bonchev–Trinajstić information content (AvgIpc) is 3.42. The first kappa shape index (κ1) is 23.6. The van der Waals surface area contributed by atoms with Crippen molar-refractivity contribution in [1.82, 2.24) is 14.8 Å². The van der Waals surface area contributed by atoms with Gasteiger partial charge in [0.15, 0.2) is 5.82 Å². The smallest absolute Gasteiger partial charge is 0.172 e. The minimum absolute atomic E-state index is 0.407. The number of ether oxygens (including phenoxy) is 3. The van der Waals surface area contributed by atoms with Gasteiger partial charge in [0, 0.05) is 11.8 Å². The third-order valence-electron chi connectivity index (χ3n) is 5.65. The topological polar surface area (TPSA) is 58.4 Å². The normalized spacial score (nSPS) is 10.7. The molecule has 0 N–H and O–H groups in total. The molecule has 0 unspecified atom stereocenters. The minimum Gasteiger partial charge on any atom is -0.497 e. The second-order valence-corrected chi connectivity index (χ2v) is 8.90.